The molecule has 6 nitrogen and oxygen atoms in total. The second-order valence-electron chi connectivity index (χ2n) is 7.71. The highest BCUT2D eigenvalue weighted by atomic mass is 19.4. The van der Waals surface area contributed by atoms with Gasteiger partial charge >= 0.3 is 6.36 Å². The van der Waals surface area contributed by atoms with E-state index in [1.165, 1.54) is 36.4 Å². The van der Waals surface area contributed by atoms with E-state index in [1.54, 1.807) is 6.07 Å². The molecule has 0 unspecified atom stereocenters. The standard InChI is InChI=1S/C24H23F3N4O2/c1-16-14-22(31-12-10-28-11-13-31)30-21-8-5-18(15-20(16)21)29-23(32)9-4-17-2-6-19(7-3-17)33-24(25,26)27/h2-9,14-15,28H,10-13H2,1H3,(H,29,32). The number of carbonyl (C=O) groups is 1. The minimum Gasteiger partial charge on any atom is -0.406 e. The van der Waals surface area contributed by atoms with E-state index < -0.39 is 6.36 Å². The van der Waals surface area contributed by atoms with Crippen LogP contribution in [-0.2, 0) is 4.79 Å². The number of piperazine rings is 1. The first-order chi connectivity index (χ1) is 15.8. The van der Waals surface area contributed by atoms with E-state index in [0.717, 1.165) is 48.5 Å². The topological polar surface area (TPSA) is 66.5 Å². The number of halogens is 3. The first-order valence-electron chi connectivity index (χ1n) is 10.5. The molecule has 4 rings (SSSR count). The lowest BCUT2D eigenvalue weighted by atomic mass is 10.1. The first kappa shape index (κ1) is 22.6. The van der Waals surface area contributed by atoms with Gasteiger partial charge in [-0.1, -0.05) is 12.1 Å². The summed E-state index contributed by atoms with van der Waals surface area (Å²) in [5, 5.41) is 7.09. The molecule has 172 valence electrons. The molecule has 0 atom stereocenters. The Kier molecular flexibility index (Phi) is 6.50. The Balaban J connectivity index is 1.42. The van der Waals surface area contributed by atoms with E-state index in [1.807, 2.05) is 19.1 Å². The number of hydrogen-bond donors (Lipinski definition) is 2. The lowest BCUT2D eigenvalue weighted by Crippen LogP contribution is -2.43. The number of anilines is 2. The second kappa shape index (κ2) is 9.50. The van der Waals surface area contributed by atoms with Crippen molar-refractivity contribution < 1.29 is 22.7 Å². The predicted octanol–water partition coefficient (Wildman–Crippen LogP) is 4.50. The van der Waals surface area contributed by atoms with E-state index in [9.17, 15) is 18.0 Å². The number of aryl methyl sites for hydroxylation is 1. The van der Waals surface area contributed by atoms with Gasteiger partial charge in [0.1, 0.15) is 11.6 Å². The Morgan fingerprint density at radius 3 is 2.55 bits per heavy atom. The van der Waals surface area contributed by atoms with Gasteiger partial charge in [0.15, 0.2) is 0 Å². The van der Waals surface area contributed by atoms with Gasteiger partial charge in [0.2, 0.25) is 5.91 Å². The Bertz CT molecular complexity index is 1170. The molecule has 1 aliphatic heterocycles. The third-order valence-electron chi connectivity index (χ3n) is 5.25. The van der Waals surface area contributed by atoms with E-state index in [4.69, 9.17) is 4.98 Å². The summed E-state index contributed by atoms with van der Waals surface area (Å²) in [6.45, 7) is 5.71. The van der Waals surface area contributed by atoms with Crippen LogP contribution in [0.3, 0.4) is 0 Å². The summed E-state index contributed by atoms with van der Waals surface area (Å²) in [6, 6.07) is 12.9. The van der Waals surface area contributed by atoms with Crippen molar-refractivity contribution in [3.05, 3.63) is 65.7 Å². The van der Waals surface area contributed by atoms with Crippen molar-refractivity contribution in [2.75, 3.05) is 36.4 Å². The zero-order valence-electron chi connectivity index (χ0n) is 17.9. The normalized spacial score (nSPS) is 14.6. The van der Waals surface area contributed by atoms with Gasteiger partial charge in [-0.05, 0) is 60.5 Å². The summed E-state index contributed by atoms with van der Waals surface area (Å²) in [4.78, 5) is 19.4. The number of alkyl halides is 3. The van der Waals surface area contributed by atoms with Crippen LogP contribution in [0.2, 0.25) is 0 Å². The van der Waals surface area contributed by atoms with Crippen LogP contribution in [0.25, 0.3) is 17.0 Å². The molecule has 2 aromatic carbocycles. The molecule has 1 aromatic heterocycles. The highest BCUT2D eigenvalue weighted by molar-refractivity contribution is 6.03. The van der Waals surface area contributed by atoms with E-state index in [0.29, 0.717) is 11.3 Å². The monoisotopic (exact) mass is 456 g/mol. The molecule has 0 bridgehead atoms. The second-order valence-corrected chi connectivity index (χ2v) is 7.71. The number of ether oxygens (including phenoxy) is 1. The van der Waals surface area contributed by atoms with Gasteiger partial charge in [-0.15, -0.1) is 13.2 Å². The molecule has 1 fully saturated rings. The zero-order valence-corrected chi connectivity index (χ0v) is 17.9. The Morgan fingerprint density at radius 2 is 1.85 bits per heavy atom. The number of aromatic nitrogens is 1. The third-order valence-corrected chi connectivity index (χ3v) is 5.25. The Morgan fingerprint density at radius 1 is 1.12 bits per heavy atom. The molecule has 1 aliphatic rings. The quantitative estimate of drug-likeness (QED) is 0.554. The van der Waals surface area contributed by atoms with Crippen LogP contribution < -0.4 is 20.3 Å². The average molecular weight is 456 g/mol. The predicted molar refractivity (Wildman–Crippen MR) is 122 cm³/mol. The molecule has 1 amide bonds. The maximum Gasteiger partial charge on any atom is 0.573 e. The van der Waals surface area contributed by atoms with Crippen LogP contribution in [0.5, 0.6) is 5.75 Å². The zero-order chi connectivity index (χ0) is 23.4. The molecule has 3 aromatic rings. The molecule has 9 heteroatoms. The van der Waals surface area contributed by atoms with Crippen LogP contribution in [0, 0.1) is 6.92 Å². The van der Waals surface area contributed by atoms with Crippen molar-refractivity contribution in [1.82, 2.24) is 10.3 Å². The van der Waals surface area contributed by atoms with Crippen molar-refractivity contribution in [3.63, 3.8) is 0 Å². The molecule has 33 heavy (non-hydrogen) atoms. The molecular weight excluding hydrogens is 433 g/mol. The first-order valence-corrected chi connectivity index (χ1v) is 10.5. The number of rotatable bonds is 5. The van der Waals surface area contributed by atoms with E-state index in [2.05, 4.69) is 26.3 Å². The number of amides is 1. The fourth-order valence-electron chi connectivity index (χ4n) is 3.65. The van der Waals surface area contributed by atoms with Crippen LogP contribution >= 0.6 is 0 Å². The number of nitrogens with one attached hydrogen (secondary N) is 2. The summed E-state index contributed by atoms with van der Waals surface area (Å²) in [6.07, 6.45) is -1.90. The van der Waals surface area contributed by atoms with Gasteiger partial charge in [0, 0.05) is 43.3 Å². The minimum atomic E-state index is -4.74. The molecule has 2 heterocycles. The van der Waals surface area contributed by atoms with Gasteiger partial charge in [-0.2, -0.15) is 0 Å². The van der Waals surface area contributed by atoms with Crippen molar-refractivity contribution >= 4 is 34.4 Å². The highest BCUT2D eigenvalue weighted by Crippen LogP contribution is 2.26. The lowest BCUT2D eigenvalue weighted by molar-refractivity contribution is -0.274. The minimum absolute atomic E-state index is 0.315. The smallest absolute Gasteiger partial charge is 0.406 e. The Labute approximate surface area is 189 Å². The molecule has 0 aliphatic carbocycles. The number of pyridine rings is 1. The number of carbonyl (C=O) groups excluding carboxylic acids is 1. The van der Waals surface area contributed by atoms with Crippen molar-refractivity contribution in [3.8, 4) is 5.75 Å². The summed E-state index contributed by atoms with van der Waals surface area (Å²) in [5.41, 5.74) is 3.13. The molecule has 0 spiro atoms. The maximum atomic E-state index is 12.3. The largest absolute Gasteiger partial charge is 0.573 e. The van der Waals surface area contributed by atoms with E-state index >= 15 is 0 Å². The lowest BCUT2D eigenvalue weighted by Gasteiger charge is -2.29. The van der Waals surface area contributed by atoms with Gasteiger partial charge in [0.05, 0.1) is 5.52 Å². The van der Waals surface area contributed by atoms with Crippen LogP contribution in [0.4, 0.5) is 24.7 Å². The summed E-state index contributed by atoms with van der Waals surface area (Å²) in [5.74, 6) is 0.283. The van der Waals surface area contributed by atoms with Crippen molar-refractivity contribution in [2.45, 2.75) is 13.3 Å². The molecule has 1 saturated heterocycles. The van der Waals surface area contributed by atoms with Crippen LogP contribution in [0.1, 0.15) is 11.1 Å². The summed E-state index contributed by atoms with van der Waals surface area (Å²) >= 11 is 0. The van der Waals surface area contributed by atoms with Crippen LogP contribution in [-0.4, -0.2) is 43.4 Å². The number of fused-ring (bicyclic) bond motifs is 1. The molecule has 2 N–H and O–H groups in total. The SMILES string of the molecule is Cc1cc(N2CCNCC2)nc2ccc(NC(=O)C=Cc3ccc(OC(F)(F)F)cc3)cc12. The van der Waals surface area contributed by atoms with Crippen LogP contribution in [0.15, 0.2) is 54.6 Å². The van der Waals surface area contributed by atoms with Crippen molar-refractivity contribution in [1.29, 1.82) is 0 Å². The molecular formula is C24H23F3N4O2. The summed E-state index contributed by atoms with van der Waals surface area (Å²) < 4.78 is 40.5. The third kappa shape index (κ3) is 6.01. The number of hydrogen-bond acceptors (Lipinski definition) is 5. The van der Waals surface area contributed by atoms with Gasteiger partial charge in [-0.3, -0.25) is 4.79 Å². The summed E-state index contributed by atoms with van der Waals surface area (Å²) in [7, 11) is 0. The molecule has 0 saturated carbocycles. The fraction of sp³-hybridized carbons (Fsp3) is 0.250. The fourth-order valence-corrected chi connectivity index (χ4v) is 3.65. The van der Waals surface area contributed by atoms with Crippen molar-refractivity contribution in [2.24, 2.45) is 0 Å². The molecule has 0 radical (unpaired) electrons. The highest BCUT2D eigenvalue weighted by Gasteiger charge is 2.30. The number of benzene rings is 2. The Hall–Kier alpha value is -3.59. The average Bonchev–Trinajstić information content (AvgIpc) is 2.78. The van der Waals surface area contributed by atoms with Gasteiger partial charge < -0.3 is 20.3 Å². The number of nitrogens with zero attached hydrogens (tertiary/aromatic N) is 2. The van der Waals surface area contributed by atoms with Gasteiger partial charge in [-0.25, -0.2) is 4.98 Å². The van der Waals surface area contributed by atoms with Gasteiger partial charge in [0.25, 0.3) is 0 Å². The maximum absolute atomic E-state index is 12.3. The van der Waals surface area contributed by atoms with E-state index in [-0.39, 0.29) is 11.7 Å².